The van der Waals surface area contributed by atoms with E-state index in [0.717, 1.165) is 4.90 Å². The van der Waals surface area contributed by atoms with Crippen LogP contribution in [0.25, 0.3) is 0 Å². The molecule has 66 valence electrons. The highest BCUT2D eigenvalue weighted by Crippen LogP contribution is 2.15. The van der Waals surface area contributed by atoms with Gasteiger partial charge in [0.2, 0.25) is 0 Å². The second-order valence-electron chi connectivity index (χ2n) is 2.13. The van der Waals surface area contributed by atoms with Gasteiger partial charge in [-0.15, -0.1) is 0 Å². The number of imide groups is 1. The minimum atomic E-state index is -0.710. The van der Waals surface area contributed by atoms with Crippen LogP contribution < -0.4 is 0 Å². The number of carbonyl (C=O) groups is 2. The zero-order valence-corrected chi connectivity index (χ0v) is 6.80. The monoisotopic (exact) mass is 177 g/mol. The quantitative estimate of drug-likeness (QED) is 0.620. The lowest BCUT2D eigenvalue weighted by atomic mass is 10.3. The first-order valence-electron chi connectivity index (χ1n) is 3.45. The Bertz CT molecular complexity index is 323. The number of hydrogen-bond donors (Lipinski definition) is 0. The van der Waals surface area contributed by atoms with Crippen LogP contribution in [0.15, 0.2) is 47.3 Å². The zero-order valence-electron chi connectivity index (χ0n) is 6.80. The number of carbonyl (C=O) groups excluding carboxylic acids is 2. The highest BCUT2D eigenvalue weighted by molar-refractivity contribution is 6.00. The van der Waals surface area contributed by atoms with Crippen molar-refractivity contribution in [2.24, 2.45) is 10.2 Å². The molecule has 0 atom stereocenters. The fourth-order valence-corrected chi connectivity index (χ4v) is 0.832. The Hall–Kier alpha value is -2.04. The summed E-state index contributed by atoms with van der Waals surface area (Å²) >= 11 is 0. The van der Waals surface area contributed by atoms with Gasteiger partial charge in [-0.1, -0.05) is 29.5 Å². The van der Waals surface area contributed by atoms with Gasteiger partial charge in [0, 0.05) is 0 Å². The summed E-state index contributed by atoms with van der Waals surface area (Å²) in [6.45, 7) is 6.88. The Kier molecular flexibility index (Phi) is 2.49. The molecule has 0 spiro atoms. The maximum absolute atomic E-state index is 11.0. The molecule has 0 aliphatic carbocycles. The molecule has 1 rings (SSSR count). The maximum atomic E-state index is 11.0. The predicted octanol–water partition coefficient (Wildman–Crippen LogP) is 2.25. The summed E-state index contributed by atoms with van der Waals surface area (Å²) in [6.07, 6.45) is 4.27. The molecule has 5 heteroatoms. The first-order valence-corrected chi connectivity index (χ1v) is 3.45. The molecule has 4 amide bonds. The zero-order chi connectivity index (χ0) is 9.84. The van der Waals surface area contributed by atoms with Gasteiger partial charge in [0.05, 0.1) is 5.70 Å². The van der Waals surface area contributed by atoms with E-state index in [1.54, 1.807) is 0 Å². The number of hydrogen-bond acceptors (Lipinski definition) is 2. The largest absolute Gasteiger partial charge is 0.375 e. The third kappa shape index (κ3) is 1.58. The first-order chi connectivity index (χ1) is 6.20. The number of amides is 4. The van der Waals surface area contributed by atoms with E-state index >= 15 is 0 Å². The maximum Gasteiger partial charge on any atom is 0.375 e. The van der Waals surface area contributed by atoms with Crippen LogP contribution in [0.5, 0.6) is 0 Å². The van der Waals surface area contributed by atoms with Crippen LogP contribution in [0.2, 0.25) is 0 Å². The fourth-order valence-electron chi connectivity index (χ4n) is 0.832. The topological polar surface area (TPSA) is 62.1 Å². The van der Waals surface area contributed by atoms with E-state index in [4.69, 9.17) is 0 Å². The molecule has 0 fully saturated rings. The van der Waals surface area contributed by atoms with Gasteiger partial charge in [-0.25, -0.2) is 14.5 Å². The van der Waals surface area contributed by atoms with Gasteiger partial charge < -0.3 is 0 Å². The van der Waals surface area contributed by atoms with Gasteiger partial charge in [-0.3, -0.25) is 0 Å². The van der Waals surface area contributed by atoms with Crippen molar-refractivity contribution in [3.63, 3.8) is 0 Å². The van der Waals surface area contributed by atoms with Crippen LogP contribution in [0.3, 0.4) is 0 Å². The van der Waals surface area contributed by atoms with Gasteiger partial charge in [0.1, 0.15) is 0 Å². The average Bonchev–Trinajstić information content (AvgIpc) is 2.43. The molecule has 0 bridgehead atoms. The molecule has 0 radical (unpaired) electrons. The lowest BCUT2D eigenvalue weighted by Crippen LogP contribution is -2.26. The van der Waals surface area contributed by atoms with Gasteiger partial charge in [0.15, 0.2) is 0 Å². The highest BCUT2D eigenvalue weighted by atomic mass is 16.2. The summed E-state index contributed by atoms with van der Waals surface area (Å²) in [7, 11) is 0. The second kappa shape index (κ2) is 3.57. The predicted molar refractivity (Wildman–Crippen MR) is 46.0 cm³/mol. The number of azo groups is 1. The highest BCUT2D eigenvalue weighted by Gasteiger charge is 2.29. The Labute approximate surface area is 74.7 Å². The summed E-state index contributed by atoms with van der Waals surface area (Å²) in [5.74, 6) is 0. The minimum Gasteiger partial charge on any atom is -0.243 e. The number of urea groups is 2. The molecule has 1 aliphatic rings. The second-order valence-corrected chi connectivity index (χ2v) is 2.13. The number of allylic oxidation sites excluding steroid dienone is 3. The van der Waals surface area contributed by atoms with Crippen LogP contribution in [0.4, 0.5) is 9.59 Å². The molecule has 0 aromatic carbocycles. The fraction of sp³-hybridized carbons (Fsp3) is 0. The minimum absolute atomic E-state index is 0.315. The first kappa shape index (κ1) is 9.05. The van der Waals surface area contributed by atoms with Crippen LogP contribution in [-0.4, -0.2) is 17.0 Å². The molecule has 1 heterocycles. The van der Waals surface area contributed by atoms with E-state index in [-0.39, 0.29) is 0 Å². The molecule has 0 saturated carbocycles. The van der Waals surface area contributed by atoms with Crippen molar-refractivity contribution in [2.75, 3.05) is 0 Å². The Morgan fingerprint density at radius 3 is 2.15 bits per heavy atom. The van der Waals surface area contributed by atoms with E-state index in [1.807, 2.05) is 0 Å². The van der Waals surface area contributed by atoms with Crippen molar-refractivity contribution in [3.05, 3.63) is 37.1 Å². The molecular formula is C8H7N3O2. The Balaban J connectivity index is 3.00. The molecule has 0 N–H and O–H groups in total. The van der Waals surface area contributed by atoms with E-state index < -0.39 is 12.1 Å². The number of nitrogens with zero attached hydrogens (tertiary/aromatic N) is 3. The molecule has 1 aliphatic heterocycles. The molecule has 0 aromatic heterocycles. The van der Waals surface area contributed by atoms with Crippen molar-refractivity contribution in [1.82, 2.24) is 4.90 Å². The standard InChI is InChI=1S/C8H7N3O2/c1-3-5-6(4-2)11-7(12)9-10-8(11)13/h3-5H,1-2H2/b6-5+. The molecule has 5 nitrogen and oxygen atoms in total. The Morgan fingerprint density at radius 2 is 1.77 bits per heavy atom. The summed E-state index contributed by atoms with van der Waals surface area (Å²) in [5, 5.41) is 6.18. The smallest absolute Gasteiger partial charge is 0.243 e. The van der Waals surface area contributed by atoms with Crippen LogP contribution >= 0.6 is 0 Å². The van der Waals surface area contributed by atoms with E-state index in [9.17, 15) is 9.59 Å². The Morgan fingerprint density at radius 1 is 1.23 bits per heavy atom. The third-order valence-corrected chi connectivity index (χ3v) is 1.36. The van der Waals surface area contributed by atoms with E-state index in [2.05, 4.69) is 23.4 Å². The summed E-state index contributed by atoms with van der Waals surface area (Å²) < 4.78 is 0. The lowest BCUT2D eigenvalue weighted by Gasteiger charge is -2.09. The number of rotatable bonds is 3. The van der Waals surface area contributed by atoms with Crippen LogP contribution in [0.1, 0.15) is 0 Å². The van der Waals surface area contributed by atoms with Crippen molar-refractivity contribution < 1.29 is 9.59 Å². The van der Waals surface area contributed by atoms with Crippen molar-refractivity contribution >= 4 is 12.1 Å². The summed E-state index contributed by atoms with van der Waals surface area (Å²) in [4.78, 5) is 22.8. The van der Waals surface area contributed by atoms with Crippen molar-refractivity contribution in [1.29, 1.82) is 0 Å². The molecular weight excluding hydrogens is 170 g/mol. The van der Waals surface area contributed by atoms with E-state index in [0.29, 0.717) is 5.70 Å². The molecule has 0 aromatic rings. The van der Waals surface area contributed by atoms with Gasteiger partial charge >= 0.3 is 12.1 Å². The third-order valence-electron chi connectivity index (χ3n) is 1.36. The molecule has 0 unspecified atom stereocenters. The van der Waals surface area contributed by atoms with Crippen LogP contribution in [-0.2, 0) is 0 Å². The summed E-state index contributed by atoms with van der Waals surface area (Å²) in [5.41, 5.74) is 0.315. The van der Waals surface area contributed by atoms with Gasteiger partial charge in [-0.05, 0) is 12.2 Å². The van der Waals surface area contributed by atoms with Gasteiger partial charge in [0.25, 0.3) is 0 Å². The average molecular weight is 177 g/mol. The molecule has 0 saturated heterocycles. The van der Waals surface area contributed by atoms with Gasteiger partial charge in [-0.2, -0.15) is 0 Å². The van der Waals surface area contributed by atoms with Crippen LogP contribution in [0, 0.1) is 0 Å². The summed E-state index contributed by atoms with van der Waals surface area (Å²) in [6, 6.07) is -1.42. The lowest BCUT2D eigenvalue weighted by molar-refractivity contribution is 0.216. The van der Waals surface area contributed by atoms with Crippen molar-refractivity contribution in [3.8, 4) is 0 Å². The van der Waals surface area contributed by atoms with Crippen molar-refractivity contribution in [2.45, 2.75) is 0 Å². The SMILES string of the molecule is C=C/C=C(\C=C)N1C(=O)N=NC1=O. The normalized spacial score (nSPS) is 16.6. The van der Waals surface area contributed by atoms with E-state index in [1.165, 1.54) is 18.2 Å². The molecule has 13 heavy (non-hydrogen) atoms.